The van der Waals surface area contributed by atoms with E-state index in [2.05, 4.69) is 29.1 Å². The van der Waals surface area contributed by atoms with Crippen LogP contribution in [0.2, 0.25) is 0 Å². The van der Waals surface area contributed by atoms with E-state index < -0.39 is 0 Å². The van der Waals surface area contributed by atoms with Gasteiger partial charge < -0.3 is 10.1 Å². The first kappa shape index (κ1) is 11.8. The predicted octanol–water partition coefficient (Wildman–Crippen LogP) is 1.47. The molecule has 4 nitrogen and oxygen atoms in total. The molecule has 2 rings (SSSR count). The van der Waals surface area contributed by atoms with Crippen molar-refractivity contribution in [3.63, 3.8) is 0 Å². The van der Waals surface area contributed by atoms with Gasteiger partial charge in [-0.05, 0) is 0 Å². The molecule has 1 fully saturated rings. The number of nitrogens with one attached hydrogen (secondary N) is 1. The number of nitrogens with zero attached hydrogens (tertiary/aromatic N) is 2. The van der Waals surface area contributed by atoms with Crippen LogP contribution in [0.3, 0.4) is 0 Å². The Morgan fingerprint density at radius 3 is 2.62 bits per heavy atom. The van der Waals surface area contributed by atoms with Crippen molar-refractivity contribution in [1.29, 1.82) is 0 Å². The molecule has 0 unspecified atom stereocenters. The number of hydrogen-bond acceptors (Lipinski definition) is 5. The lowest BCUT2D eigenvalue weighted by Gasteiger charge is -2.24. The summed E-state index contributed by atoms with van der Waals surface area (Å²) in [5.74, 6) is 0. The third-order valence-electron chi connectivity index (χ3n) is 2.28. The molecule has 1 aliphatic heterocycles. The van der Waals surface area contributed by atoms with Crippen molar-refractivity contribution in [2.24, 2.45) is 0 Å². The van der Waals surface area contributed by atoms with Crippen molar-refractivity contribution in [3.05, 3.63) is 18.0 Å². The van der Waals surface area contributed by atoms with Gasteiger partial charge in [0.25, 0.3) is 0 Å². The van der Waals surface area contributed by atoms with Crippen LogP contribution in [0, 0.1) is 0 Å². The maximum Gasteiger partial charge on any atom is 0.187 e. The monoisotopic (exact) mass is 239 g/mol. The van der Waals surface area contributed by atoms with Gasteiger partial charge in [0.1, 0.15) is 0 Å². The molecule has 5 heteroatoms. The van der Waals surface area contributed by atoms with E-state index in [1.807, 2.05) is 12.4 Å². The molecule has 0 aromatic carbocycles. The number of rotatable bonds is 5. The summed E-state index contributed by atoms with van der Waals surface area (Å²) < 4.78 is 5.11. The predicted molar refractivity (Wildman–Crippen MR) is 64.5 cm³/mol. The second-order valence-electron chi connectivity index (χ2n) is 4.19. The number of hydrogen-bond donors (Lipinski definition) is 1. The summed E-state index contributed by atoms with van der Waals surface area (Å²) in [7, 11) is 0. The third-order valence-corrected chi connectivity index (χ3v) is 3.30. The minimum absolute atomic E-state index is 0.487. The molecule has 1 aliphatic rings. The molecule has 2 heterocycles. The van der Waals surface area contributed by atoms with Gasteiger partial charge in [0.15, 0.2) is 5.16 Å². The summed E-state index contributed by atoms with van der Waals surface area (Å²) in [6.07, 6.45) is 3.79. The van der Waals surface area contributed by atoms with Crippen LogP contribution in [0.25, 0.3) is 0 Å². The van der Waals surface area contributed by atoms with Crippen LogP contribution in [0.1, 0.15) is 19.4 Å². The van der Waals surface area contributed by atoms with E-state index in [9.17, 15) is 0 Å². The van der Waals surface area contributed by atoms with E-state index in [1.54, 1.807) is 11.8 Å². The highest BCUT2D eigenvalue weighted by atomic mass is 32.2. The van der Waals surface area contributed by atoms with Crippen molar-refractivity contribution in [2.75, 3.05) is 13.2 Å². The van der Waals surface area contributed by atoms with Crippen LogP contribution in [0.5, 0.6) is 0 Å². The SMILES string of the molecule is CC(C)NCc1cnc(SC2COC2)nc1. The fourth-order valence-electron chi connectivity index (χ4n) is 1.25. The van der Waals surface area contributed by atoms with Gasteiger partial charge >= 0.3 is 0 Å². The van der Waals surface area contributed by atoms with Gasteiger partial charge in [0.05, 0.1) is 18.5 Å². The molecule has 0 amide bonds. The number of ether oxygens (including phenoxy) is 1. The molecule has 1 aromatic heterocycles. The third kappa shape index (κ3) is 3.43. The molecule has 1 saturated heterocycles. The minimum atomic E-state index is 0.487. The molecule has 1 N–H and O–H groups in total. The van der Waals surface area contributed by atoms with Crippen LogP contribution < -0.4 is 5.32 Å². The van der Waals surface area contributed by atoms with Gasteiger partial charge in [0.2, 0.25) is 0 Å². The molecule has 0 atom stereocenters. The summed E-state index contributed by atoms with van der Waals surface area (Å²) in [5.41, 5.74) is 1.13. The van der Waals surface area contributed by atoms with E-state index in [-0.39, 0.29) is 0 Å². The standard InChI is InChI=1S/C11H17N3OS/c1-8(2)12-3-9-4-13-11(14-5-9)16-10-6-15-7-10/h4-5,8,10,12H,3,6-7H2,1-2H3. The largest absolute Gasteiger partial charge is 0.379 e. The second-order valence-corrected chi connectivity index (χ2v) is 5.45. The van der Waals surface area contributed by atoms with Gasteiger partial charge in [-0.25, -0.2) is 9.97 Å². The Labute approximate surface area is 100 Å². The van der Waals surface area contributed by atoms with E-state index >= 15 is 0 Å². The van der Waals surface area contributed by atoms with Crippen LogP contribution in [-0.4, -0.2) is 34.5 Å². The molecule has 0 saturated carbocycles. The summed E-state index contributed by atoms with van der Waals surface area (Å²) in [6, 6.07) is 0.487. The quantitative estimate of drug-likeness (QED) is 0.788. The molecule has 88 valence electrons. The summed E-state index contributed by atoms with van der Waals surface area (Å²) in [4.78, 5) is 8.67. The zero-order valence-electron chi connectivity index (χ0n) is 9.64. The highest BCUT2D eigenvalue weighted by Gasteiger charge is 2.20. The van der Waals surface area contributed by atoms with Crippen LogP contribution in [-0.2, 0) is 11.3 Å². The Morgan fingerprint density at radius 2 is 2.12 bits per heavy atom. The molecule has 16 heavy (non-hydrogen) atoms. The molecular formula is C11H17N3OS. The van der Waals surface area contributed by atoms with E-state index in [0.29, 0.717) is 11.3 Å². The molecule has 0 bridgehead atoms. The fourth-order valence-corrected chi connectivity index (χ4v) is 2.10. The average Bonchev–Trinajstić information content (AvgIpc) is 2.22. The number of aromatic nitrogens is 2. The van der Waals surface area contributed by atoms with Crippen LogP contribution in [0.15, 0.2) is 17.6 Å². The van der Waals surface area contributed by atoms with E-state index in [0.717, 1.165) is 30.5 Å². The van der Waals surface area contributed by atoms with Gasteiger partial charge in [-0.2, -0.15) is 0 Å². The second kappa shape index (κ2) is 5.61. The first-order chi connectivity index (χ1) is 7.74. The average molecular weight is 239 g/mol. The molecule has 0 aliphatic carbocycles. The lowest BCUT2D eigenvalue weighted by molar-refractivity contribution is 0.0454. The Kier molecular flexibility index (Phi) is 4.15. The minimum Gasteiger partial charge on any atom is -0.379 e. The molecule has 1 aromatic rings. The smallest absolute Gasteiger partial charge is 0.187 e. The Balaban J connectivity index is 1.83. The Bertz CT molecular complexity index is 325. The van der Waals surface area contributed by atoms with E-state index in [4.69, 9.17) is 4.74 Å². The molecule has 0 spiro atoms. The van der Waals surface area contributed by atoms with Crippen molar-refractivity contribution >= 4 is 11.8 Å². The number of thioether (sulfide) groups is 1. The van der Waals surface area contributed by atoms with Crippen LogP contribution in [0.4, 0.5) is 0 Å². The molecular weight excluding hydrogens is 222 g/mol. The zero-order chi connectivity index (χ0) is 11.4. The van der Waals surface area contributed by atoms with Crippen molar-refractivity contribution in [1.82, 2.24) is 15.3 Å². The Morgan fingerprint density at radius 1 is 1.44 bits per heavy atom. The van der Waals surface area contributed by atoms with Gasteiger partial charge in [0, 0.05) is 30.5 Å². The maximum absolute atomic E-state index is 5.11. The summed E-state index contributed by atoms with van der Waals surface area (Å²) in [6.45, 7) is 6.73. The van der Waals surface area contributed by atoms with E-state index in [1.165, 1.54) is 0 Å². The summed E-state index contributed by atoms with van der Waals surface area (Å²) in [5, 5.41) is 4.73. The normalized spacial score (nSPS) is 16.4. The van der Waals surface area contributed by atoms with Crippen molar-refractivity contribution in [3.8, 4) is 0 Å². The first-order valence-corrected chi connectivity index (χ1v) is 6.40. The maximum atomic E-state index is 5.11. The fraction of sp³-hybridized carbons (Fsp3) is 0.636. The highest BCUT2D eigenvalue weighted by Crippen LogP contribution is 2.24. The first-order valence-electron chi connectivity index (χ1n) is 5.53. The van der Waals surface area contributed by atoms with Gasteiger partial charge in [-0.1, -0.05) is 25.6 Å². The highest BCUT2D eigenvalue weighted by molar-refractivity contribution is 7.99. The molecule has 0 radical (unpaired) electrons. The van der Waals surface area contributed by atoms with Crippen molar-refractivity contribution < 1.29 is 4.74 Å². The zero-order valence-corrected chi connectivity index (χ0v) is 10.5. The van der Waals surface area contributed by atoms with Gasteiger partial charge in [-0.3, -0.25) is 0 Å². The lowest BCUT2D eigenvalue weighted by atomic mass is 10.3. The Hall–Kier alpha value is -0.650. The lowest BCUT2D eigenvalue weighted by Crippen LogP contribution is -2.30. The summed E-state index contributed by atoms with van der Waals surface area (Å²) >= 11 is 1.70. The topological polar surface area (TPSA) is 47.0 Å². The van der Waals surface area contributed by atoms with Crippen molar-refractivity contribution in [2.45, 2.75) is 36.8 Å². The van der Waals surface area contributed by atoms with Crippen LogP contribution >= 0.6 is 11.8 Å². The van der Waals surface area contributed by atoms with Gasteiger partial charge in [-0.15, -0.1) is 0 Å².